The zero-order valence-electron chi connectivity index (χ0n) is 14.1. The second-order valence-electron chi connectivity index (χ2n) is 6.30. The summed E-state index contributed by atoms with van der Waals surface area (Å²) in [6.45, 7) is 4.51. The predicted octanol–water partition coefficient (Wildman–Crippen LogP) is 3.12. The van der Waals surface area contributed by atoms with Crippen molar-refractivity contribution in [3.05, 3.63) is 65.2 Å². The Hall–Kier alpha value is -2.62. The Morgan fingerprint density at radius 2 is 1.83 bits per heavy atom. The number of nitrogens with one attached hydrogen (secondary N) is 1. The van der Waals surface area contributed by atoms with Gasteiger partial charge in [0.2, 0.25) is 11.8 Å². The molecular weight excluding hydrogens is 300 g/mol. The summed E-state index contributed by atoms with van der Waals surface area (Å²) < 4.78 is 0. The van der Waals surface area contributed by atoms with Crippen LogP contribution in [-0.4, -0.2) is 17.9 Å². The van der Waals surface area contributed by atoms with E-state index in [-0.39, 0.29) is 11.8 Å². The van der Waals surface area contributed by atoms with Crippen molar-refractivity contribution in [1.82, 2.24) is 5.32 Å². The van der Waals surface area contributed by atoms with Gasteiger partial charge in [0.1, 0.15) is 6.04 Å². The molecule has 0 spiro atoms. The number of carbonyl (C=O) groups is 2. The molecule has 0 radical (unpaired) electrons. The lowest BCUT2D eigenvalue weighted by molar-refractivity contribution is -0.124. The molecule has 3 rings (SSSR count). The van der Waals surface area contributed by atoms with Crippen LogP contribution in [0, 0.1) is 13.8 Å². The van der Waals surface area contributed by atoms with Crippen LogP contribution in [0.25, 0.3) is 0 Å². The van der Waals surface area contributed by atoms with Crippen LogP contribution >= 0.6 is 0 Å². The Morgan fingerprint density at radius 3 is 2.54 bits per heavy atom. The van der Waals surface area contributed by atoms with Crippen molar-refractivity contribution in [1.29, 1.82) is 0 Å². The average Bonchev–Trinajstić information content (AvgIpc) is 2.96. The van der Waals surface area contributed by atoms with Gasteiger partial charge in [-0.05, 0) is 43.5 Å². The van der Waals surface area contributed by atoms with E-state index in [1.807, 2.05) is 62.4 Å². The summed E-state index contributed by atoms with van der Waals surface area (Å²) in [6, 6.07) is 15.3. The summed E-state index contributed by atoms with van der Waals surface area (Å²) >= 11 is 0. The Kier molecular flexibility index (Phi) is 4.65. The molecule has 1 N–H and O–H groups in total. The molecule has 2 amide bonds. The molecule has 1 heterocycles. The largest absolute Gasteiger partial charge is 0.350 e. The maximum absolute atomic E-state index is 12.6. The van der Waals surface area contributed by atoms with E-state index in [0.717, 1.165) is 22.4 Å². The van der Waals surface area contributed by atoms with E-state index in [1.165, 1.54) is 0 Å². The third-order valence-electron chi connectivity index (χ3n) is 4.54. The van der Waals surface area contributed by atoms with Gasteiger partial charge >= 0.3 is 0 Å². The summed E-state index contributed by atoms with van der Waals surface area (Å²) in [6.07, 6.45) is 0.975. The van der Waals surface area contributed by atoms with Gasteiger partial charge in [-0.2, -0.15) is 0 Å². The van der Waals surface area contributed by atoms with Crippen molar-refractivity contribution in [2.24, 2.45) is 0 Å². The molecule has 0 bridgehead atoms. The quantitative estimate of drug-likeness (QED) is 0.940. The highest BCUT2D eigenvalue weighted by molar-refractivity contribution is 6.03. The summed E-state index contributed by atoms with van der Waals surface area (Å²) in [5.41, 5.74) is 4.16. The van der Waals surface area contributed by atoms with Gasteiger partial charge in [0.25, 0.3) is 0 Å². The fourth-order valence-electron chi connectivity index (χ4n) is 3.07. The number of rotatable bonds is 4. The summed E-state index contributed by atoms with van der Waals surface area (Å²) in [4.78, 5) is 26.5. The van der Waals surface area contributed by atoms with Crippen molar-refractivity contribution in [2.75, 3.05) is 4.90 Å². The van der Waals surface area contributed by atoms with Crippen molar-refractivity contribution < 1.29 is 9.59 Å². The highest BCUT2D eigenvalue weighted by atomic mass is 16.2. The zero-order chi connectivity index (χ0) is 17.1. The molecule has 1 fully saturated rings. The van der Waals surface area contributed by atoms with Crippen molar-refractivity contribution in [2.45, 2.75) is 39.3 Å². The molecule has 1 aliphatic rings. The lowest BCUT2D eigenvalue weighted by Crippen LogP contribution is -2.44. The summed E-state index contributed by atoms with van der Waals surface area (Å²) in [5.74, 6) is -0.0837. The van der Waals surface area contributed by atoms with E-state index < -0.39 is 6.04 Å². The van der Waals surface area contributed by atoms with Crippen LogP contribution in [0.1, 0.15) is 29.5 Å². The van der Waals surface area contributed by atoms with Crippen LogP contribution in [-0.2, 0) is 16.1 Å². The van der Waals surface area contributed by atoms with E-state index in [2.05, 4.69) is 5.32 Å². The van der Waals surface area contributed by atoms with Crippen LogP contribution < -0.4 is 10.2 Å². The Balaban J connectivity index is 1.72. The number of nitrogens with zero attached hydrogens (tertiary/aromatic N) is 1. The fraction of sp³-hybridized carbons (Fsp3) is 0.300. The summed E-state index contributed by atoms with van der Waals surface area (Å²) in [5, 5.41) is 2.98. The molecule has 1 saturated heterocycles. The number of anilines is 1. The van der Waals surface area contributed by atoms with Gasteiger partial charge in [-0.1, -0.05) is 42.0 Å². The Morgan fingerprint density at radius 1 is 1.12 bits per heavy atom. The monoisotopic (exact) mass is 322 g/mol. The first-order valence-electron chi connectivity index (χ1n) is 8.27. The van der Waals surface area contributed by atoms with Gasteiger partial charge < -0.3 is 5.32 Å². The number of benzene rings is 2. The Labute approximate surface area is 142 Å². The predicted molar refractivity (Wildman–Crippen MR) is 94.7 cm³/mol. The van der Waals surface area contributed by atoms with Gasteiger partial charge in [0.05, 0.1) is 0 Å². The van der Waals surface area contributed by atoms with Gasteiger partial charge in [-0.15, -0.1) is 0 Å². The number of amides is 2. The second-order valence-corrected chi connectivity index (χ2v) is 6.30. The lowest BCUT2D eigenvalue weighted by atomic mass is 10.1. The van der Waals surface area contributed by atoms with Crippen LogP contribution in [0.15, 0.2) is 48.5 Å². The van der Waals surface area contributed by atoms with Crippen molar-refractivity contribution in [3.63, 3.8) is 0 Å². The van der Waals surface area contributed by atoms with E-state index in [4.69, 9.17) is 0 Å². The highest BCUT2D eigenvalue weighted by Gasteiger charge is 2.36. The molecule has 2 aromatic rings. The number of aryl methyl sites for hydroxylation is 2. The first-order chi connectivity index (χ1) is 11.6. The second kappa shape index (κ2) is 6.87. The number of hydrogen-bond acceptors (Lipinski definition) is 2. The van der Waals surface area contributed by atoms with Crippen LogP contribution in [0.5, 0.6) is 0 Å². The van der Waals surface area contributed by atoms with E-state index in [0.29, 0.717) is 19.4 Å². The molecule has 2 aromatic carbocycles. The highest BCUT2D eigenvalue weighted by Crippen LogP contribution is 2.27. The van der Waals surface area contributed by atoms with E-state index in [1.54, 1.807) is 4.90 Å². The first-order valence-corrected chi connectivity index (χ1v) is 8.27. The number of carbonyl (C=O) groups excluding carboxylic acids is 2. The van der Waals surface area contributed by atoms with Crippen LogP contribution in [0.4, 0.5) is 5.69 Å². The van der Waals surface area contributed by atoms with Gasteiger partial charge in [0.15, 0.2) is 0 Å². The normalized spacial score (nSPS) is 17.2. The molecule has 0 aromatic heterocycles. The van der Waals surface area contributed by atoms with Gasteiger partial charge in [-0.3, -0.25) is 14.5 Å². The maximum atomic E-state index is 12.6. The first kappa shape index (κ1) is 16.2. The molecule has 0 saturated carbocycles. The molecule has 4 nitrogen and oxygen atoms in total. The molecule has 1 aliphatic heterocycles. The average molecular weight is 322 g/mol. The van der Waals surface area contributed by atoms with Crippen molar-refractivity contribution >= 4 is 17.5 Å². The fourth-order valence-corrected chi connectivity index (χ4v) is 3.07. The standard InChI is InChI=1S/C20H22N2O2/c1-14-7-9-17(10-8-14)22-18(11-12-19(22)23)20(24)21-13-16-6-4-3-5-15(16)2/h3-10,18H,11-13H2,1-2H3,(H,21,24). The molecule has 1 atom stereocenters. The minimum Gasteiger partial charge on any atom is -0.350 e. The molecule has 1 unspecified atom stereocenters. The van der Waals surface area contributed by atoms with E-state index >= 15 is 0 Å². The van der Waals surface area contributed by atoms with Crippen LogP contribution in [0.3, 0.4) is 0 Å². The smallest absolute Gasteiger partial charge is 0.243 e. The maximum Gasteiger partial charge on any atom is 0.243 e. The lowest BCUT2D eigenvalue weighted by Gasteiger charge is -2.24. The molecule has 124 valence electrons. The topological polar surface area (TPSA) is 49.4 Å². The van der Waals surface area contributed by atoms with Gasteiger partial charge in [0, 0.05) is 18.7 Å². The molecule has 0 aliphatic carbocycles. The molecule has 4 heteroatoms. The number of hydrogen-bond donors (Lipinski definition) is 1. The van der Waals surface area contributed by atoms with Crippen LogP contribution in [0.2, 0.25) is 0 Å². The SMILES string of the molecule is Cc1ccc(N2C(=O)CCC2C(=O)NCc2ccccc2C)cc1. The molecule has 24 heavy (non-hydrogen) atoms. The van der Waals surface area contributed by atoms with Gasteiger partial charge in [-0.25, -0.2) is 0 Å². The Bertz CT molecular complexity index is 752. The zero-order valence-corrected chi connectivity index (χ0v) is 14.1. The third-order valence-corrected chi connectivity index (χ3v) is 4.54. The third kappa shape index (κ3) is 3.32. The van der Waals surface area contributed by atoms with Crippen molar-refractivity contribution in [3.8, 4) is 0 Å². The minimum atomic E-state index is -0.427. The minimum absolute atomic E-state index is 0.00916. The van der Waals surface area contributed by atoms with E-state index in [9.17, 15) is 9.59 Å². The molecular formula is C20H22N2O2. The summed E-state index contributed by atoms with van der Waals surface area (Å²) in [7, 11) is 0.